The molecule has 19 heavy (non-hydrogen) atoms. The van der Waals surface area contributed by atoms with Gasteiger partial charge >= 0.3 is 0 Å². The van der Waals surface area contributed by atoms with E-state index in [0.29, 0.717) is 6.42 Å². The number of likely N-dealkylation sites (N-methyl/N-ethyl adjacent to an activating group) is 1. The predicted molar refractivity (Wildman–Crippen MR) is 76.4 cm³/mol. The van der Waals surface area contributed by atoms with E-state index < -0.39 is 0 Å². The van der Waals surface area contributed by atoms with Crippen LogP contribution in [-0.2, 0) is 11.2 Å². The van der Waals surface area contributed by atoms with Crippen molar-refractivity contribution in [3.05, 3.63) is 59.7 Å². The summed E-state index contributed by atoms with van der Waals surface area (Å²) < 4.78 is 0. The summed E-state index contributed by atoms with van der Waals surface area (Å²) in [4.78, 5) is 13.8. The smallest absolute Gasteiger partial charge is 0.231 e. The molecule has 0 aliphatic carbocycles. The topological polar surface area (TPSA) is 40.5 Å². The van der Waals surface area contributed by atoms with Crippen molar-refractivity contribution in [3.8, 4) is 5.75 Å². The van der Waals surface area contributed by atoms with Gasteiger partial charge in [0.2, 0.25) is 5.91 Å². The van der Waals surface area contributed by atoms with Crippen LogP contribution in [0.15, 0.2) is 48.5 Å². The van der Waals surface area contributed by atoms with E-state index >= 15 is 0 Å². The molecular weight excluding hydrogens is 238 g/mol. The fourth-order valence-electron chi connectivity index (χ4n) is 1.94. The third-order valence-electron chi connectivity index (χ3n) is 3.05. The fraction of sp³-hybridized carbons (Fsp3) is 0.188. The fourth-order valence-corrected chi connectivity index (χ4v) is 1.94. The lowest BCUT2D eigenvalue weighted by Gasteiger charge is -2.17. The number of amides is 1. The Kier molecular flexibility index (Phi) is 3.85. The van der Waals surface area contributed by atoms with E-state index in [9.17, 15) is 9.90 Å². The number of aromatic hydroxyl groups is 1. The molecule has 3 heteroatoms. The molecule has 0 atom stereocenters. The van der Waals surface area contributed by atoms with Gasteiger partial charge in [0.05, 0.1) is 6.42 Å². The van der Waals surface area contributed by atoms with Gasteiger partial charge in [-0.05, 0) is 36.8 Å². The number of anilines is 1. The highest BCUT2D eigenvalue weighted by Gasteiger charge is 2.11. The van der Waals surface area contributed by atoms with Gasteiger partial charge in [0, 0.05) is 12.7 Å². The van der Waals surface area contributed by atoms with Crippen molar-refractivity contribution in [1.82, 2.24) is 0 Å². The van der Waals surface area contributed by atoms with E-state index in [4.69, 9.17) is 0 Å². The lowest BCUT2D eigenvalue weighted by molar-refractivity contribution is -0.117. The molecule has 3 nitrogen and oxygen atoms in total. The normalized spacial score (nSPS) is 10.2. The number of aryl methyl sites for hydroxylation is 1. The average molecular weight is 255 g/mol. The van der Waals surface area contributed by atoms with Crippen LogP contribution >= 0.6 is 0 Å². The molecule has 0 saturated carbocycles. The predicted octanol–water partition coefficient (Wildman–Crippen LogP) is 2.91. The molecule has 0 aliphatic rings. The molecule has 1 N–H and O–H groups in total. The van der Waals surface area contributed by atoms with E-state index in [-0.39, 0.29) is 11.7 Å². The van der Waals surface area contributed by atoms with Gasteiger partial charge in [0.15, 0.2) is 0 Å². The molecule has 0 bridgehead atoms. The van der Waals surface area contributed by atoms with Gasteiger partial charge < -0.3 is 10.0 Å². The molecule has 0 spiro atoms. The summed E-state index contributed by atoms with van der Waals surface area (Å²) in [5.41, 5.74) is 2.93. The second kappa shape index (κ2) is 5.57. The first-order valence-electron chi connectivity index (χ1n) is 6.17. The number of benzene rings is 2. The van der Waals surface area contributed by atoms with Gasteiger partial charge in [0.1, 0.15) is 5.75 Å². The van der Waals surface area contributed by atoms with Crippen molar-refractivity contribution >= 4 is 11.6 Å². The maximum absolute atomic E-state index is 12.2. The number of carbonyl (C=O) groups excluding carboxylic acids is 1. The van der Waals surface area contributed by atoms with Crippen molar-refractivity contribution in [3.63, 3.8) is 0 Å². The van der Waals surface area contributed by atoms with Gasteiger partial charge in [-0.15, -0.1) is 0 Å². The highest BCUT2D eigenvalue weighted by molar-refractivity contribution is 5.94. The van der Waals surface area contributed by atoms with E-state index in [1.165, 1.54) is 0 Å². The molecular formula is C16H17NO2. The van der Waals surface area contributed by atoms with Crippen LogP contribution in [-0.4, -0.2) is 18.1 Å². The number of phenolic OH excluding ortho intramolecular Hbond substituents is 1. The van der Waals surface area contributed by atoms with Crippen LogP contribution in [0.3, 0.4) is 0 Å². The zero-order chi connectivity index (χ0) is 13.8. The molecule has 2 rings (SSSR count). The minimum atomic E-state index is 0.0243. The van der Waals surface area contributed by atoms with Crippen LogP contribution < -0.4 is 4.90 Å². The molecule has 0 saturated heterocycles. The number of hydrogen-bond donors (Lipinski definition) is 1. The first-order chi connectivity index (χ1) is 9.06. The summed E-state index contributed by atoms with van der Waals surface area (Å²) in [7, 11) is 1.74. The highest BCUT2D eigenvalue weighted by Crippen LogP contribution is 2.18. The zero-order valence-electron chi connectivity index (χ0n) is 11.1. The van der Waals surface area contributed by atoms with Gasteiger partial charge in [-0.1, -0.05) is 29.8 Å². The van der Waals surface area contributed by atoms with Crippen LogP contribution in [0, 0.1) is 6.92 Å². The number of phenols is 1. The molecule has 2 aromatic rings. The molecule has 0 unspecified atom stereocenters. The molecule has 0 aromatic heterocycles. The average Bonchev–Trinajstić information content (AvgIpc) is 2.39. The second-order valence-electron chi connectivity index (χ2n) is 4.63. The maximum atomic E-state index is 12.2. The first-order valence-corrected chi connectivity index (χ1v) is 6.17. The molecule has 0 aliphatic heterocycles. The molecule has 0 fully saturated rings. The quantitative estimate of drug-likeness (QED) is 0.916. The van der Waals surface area contributed by atoms with Crippen molar-refractivity contribution in [2.75, 3.05) is 11.9 Å². The van der Waals surface area contributed by atoms with E-state index in [2.05, 4.69) is 0 Å². The minimum Gasteiger partial charge on any atom is -0.508 e. The van der Waals surface area contributed by atoms with Crippen LogP contribution in [0.1, 0.15) is 11.1 Å². The van der Waals surface area contributed by atoms with Crippen molar-refractivity contribution in [2.24, 2.45) is 0 Å². The molecule has 98 valence electrons. The number of hydrogen-bond acceptors (Lipinski definition) is 2. The minimum absolute atomic E-state index is 0.0243. The Morgan fingerprint density at radius 1 is 1.16 bits per heavy atom. The Hall–Kier alpha value is -2.29. The van der Waals surface area contributed by atoms with Gasteiger partial charge in [-0.3, -0.25) is 4.79 Å². The summed E-state index contributed by atoms with van der Waals surface area (Å²) >= 11 is 0. The zero-order valence-corrected chi connectivity index (χ0v) is 11.1. The summed E-state index contributed by atoms with van der Waals surface area (Å²) in [6.45, 7) is 2.01. The molecule has 0 radical (unpaired) electrons. The van der Waals surface area contributed by atoms with Crippen molar-refractivity contribution in [2.45, 2.75) is 13.3 Å². The Bertz CT molecular complexity index is 576. The Labute approximate surface area is 113 Å². The third kappa shape index (κ3) is 3.35. The third-order valence-corrected chi connectivity index (χ3v) is 3.05. The Morgan fingerprint density at radius 3 is 2.47 bits per heavy atom. The monoisotopic (exact) mass is 255 g/mol. The van der Waals surface area contributed by atoms with E-state index in [0.717, 1.165) is 16.8 Å². The summed E-state index contributed by atoms with van der Waals surface area (Å²) in [5.74, 6) is 0.222. The van der Waals surface area contributed by atoms with Crippen LogP contribution in [0.2, 0.25) is 0 Å². The van der Waals surface area contributed by atoms with Gasteiger partial charge in [0.25, 0.3) is 0 Å². The van der Waals surface area contributed by atoms with E-state index in [1.807, 2.05) is 31.2 Å². The Balaban J connectivity index is 2.09. The second-order valence-corrected chi connectivity index (χ2v) is 4.63. The van der Waals surface area contributed by atoms with Gasteiger partial charge in [-0.2, -0.15) is 0 Å². The van der Waals surface area contributed by atoms with Gasteiger partial charge in [-0.25, -0.2) is 0 Å². The first kappa shape index (κ1) is 13.1. The summed E-state index contributed by atoms with van der Waals surface area (Å²) in [5, 5.41) is 9.24. The number of carbonyl (C=O) groups is 1. The Morgan fingerprint density at radius 2 is 1.84 bits per heavy atom. The number of nitrogens with zero attached hydrogens (tertiary/aromatic N) is 1. The lowest BCUT2D eigenvalue weighted by atomic mass is 10.1. The molecule has 1 amide bonds. The number of rotatable bonds is 3. The maximum Gasteiger partial charge on any atom is 0.231 e. The summed E-state index contributed by atoms with van der Waals surface area (Å²) in [6, 6.07) is 14.5. The standard InChI is InChI=1S/C16H17NO2/c1-12-4-3-5-13(10-12)11-16(19)17(2)14-6-8-15(18)9-7-14/h3-10,18H,11H2,1-2H3. The molecule has 0 heterocycles. The van der Waals surface area contributed by atoms with E-state index in [1.54, 1.807) is 36.2 Å². The van der Waals surface area contributed by atoms with Crippen molar-refractivity contribution < 1.29 is 9.90 Å². The summed E-state index contributed by atoms with van der Waals surface area (Å²) in [6.07, 6.45) is 0.374. The lowest BCUT2D eigenvalue weighted by Crippen LogP contribution is -2.27. The van der Waals surface area contributed by atoms with Crippen LogP contribution in [0.4, 0.5) is 5.69 Å². The highest BCUT2D eigenvalue weighted by atomic mass is 16.3. The molecule has 2 aromatic carbocycles. The van der Waals surface area contributed by atoms with Crippen molar-refractivity contribution in [1.29, 1.82) is 0 Å². The van der Waals surface area contributed by atoms with Crippen LogP contribution in [0.5, 0.6) is 5.75 Å². The SMILES string of the molecule is Cc1cccc(CC(=O)N(C)c2ccc(O)cc2)c1. The largest absolute Gasteiger partial charge is 0.508 e. The van der Waals surface area contributed by atoms with Crippen LogP contribution in [0.25, 0.3) is 0 Å².